The van der Waals surface area contributed by atoms with Gasteiger partial charge in [0.05, 0.1) is 0 Å². The van der Waals surface area contributed by atoms with Gasteiger partial charge in [-0.25, -0.2) is 4.79 Å². The highest BCUT2D eigenvalue weighted by molar-refractivity contribution is 5.79. The van der Waals surface area contributed by atoms with Gasteiger partial charge in [0, 0.05) is 13.6 Å². The van der Waals surface area contributed by atoms with Crippen molar-refractivity contribution in [2.75, 3.05) is 20.1 Å². The van der Waals surface area contributed by atoms with Crippen molar-refractivity contribution in [1.29, 1.82) is 0 Å². The van der Waals surface area contributed by atoms with E-state index in [1.54, 1.807) is 7.05 Å². The van der Waals surface area contributed by atoms with E-state index in [9.17, 15) is 9.59 Å². The second kappa shape index (κ2) is 4.11. The normalized spacial score (nSPS) is 15.2. The molecule has 74 valence electrons. The highest BCUT2D eigenvalue weighted by Crippen LogP contribution is 2.29. The number of aliphatic carboxylic acids is 1. The second-order valence-corrected chi connectivity index (χ2v) is 3.38. The summed E-state index contributed by atoms with van der Waals surface area (Å²) in [6, 6.07) is -0.311. The fourth-order valence-corrected chi connectivity index (χ4v) is 1.06. The summed E-state index contributed by atoms with van der Waals surface area (Å²) in [5, 5.41) is 10.6. The molecule has 0 spiro atoms. The first-order valence-corrected chi connectivity index (χ1v) is 4.30. The average Bonchev–Trinajstić information content (AvgIpc) is 2.83. The standard InChI is InChI=1S/C8H14N2O3/c1-10(5-6-2-3-6)8(13)9-4-7(11)12/h6H,2-5H2,1H3,(H,9,13)(H,11,12). The Labute approximate surface area is 76.7 Å². The number of carbonyl (C=O) groups excluding carboxylic acids is 1. The van der Waals surface area contributed by atoms with Gasteiger partial charge in [0.25, 0.3) is 0 Å². The third kappa shape index (κ3) is 3.78. The number of hydrogen-bond acceptors (Lipinski definition) is 2. The van der Waals surface area contributed by atoms with E-state index in [1.807, 2.05) is 0 Å². The van der Waals surface area contributed by atoms with Crippen LogP contribution in [0, 0.1) is 5.92 Å². The fourth-order valence-electron chi connectivity index (χ4n) is 1.06. The van der Waals surface area contributed by atoms with Crippen LogP contribution in [0.15, 0.2) is 0 Å². The lowest BCUT2D eigenvalue weighted by atomic mass is 10.4. The maximum atomic E-state index is 11.2. The minimum absolute atomic E-state index is 0.311. The van der Waals surface area contributed by atoms with Crippen LogP contribution in [0.4, 0.5) is 4.79 Å². The average molecular weight is 186 g/mol. The zero-order valence-corrected chi connectivity index (χ0v) is 7.62. The lowest BCUT2D eigenvalue weighted by Crippen LogP contribution is -2.40. The van der Waals surface area contributed by atoms with Crippen LogP contribution < -0.4 is 5.32 Å². The van der Waals surface area contributed by atoms with Gasteiger partial charge in [0.1, 0.15) is 6.54 Å². The first-order valence-electron chi connectivity index (χ1n) is 4.30. The van der Waals surface area contributed by atoms with Gasteiger partial charge in [0.15, 0.2) is 0 Å². The maximum absolute atomic E-state index is 11.2. The number of nitrogens with one attached hydrogen (secondary N) is 1. The predicted octanol–water partition coefficient (Wildman–Crippen LogP) is 0.122. The largest absolute Gasteiger partial charge is 0.480 e. The molecule has 0 saturated heterocycles. The number of urea groups is 1. The Bertz CT molecular complexity index is 213. The number of carboxylic acids is 1. The first-order chi connectivity index (χ1) is 6.09. The molecule has 1 fully saturated rings. The molecule has 2 N–H and O–H groups in total. The van der Waals surface area contributed by atoms with Gasteiger partial charge in [-0.2, -0.15) is 0 Å². The van der Waals surface area contributed by atoms with E-state index in [-0.39, 0.29) is 12.6 Å². The van der Waals surface area contributed by atoms with Crippen LogP contribution in [-0.2, 0) is 4.79 Å². The molecule has 0 atom stereocenters. The number of hydrogen-bond donors (Lipinski definition) is 2. The van der Waals surface area contributed by atoms with E-state index < -0.39 is 5.97 Å². The van der Waals surface area contributed by atoms with Crippen LogP contribution >= 0.6 is 0 Å². The summed E-state index contributed by atoms with van der Waals surface area (Å²) in [4.78, 5) is 22.8. The van der Waals surface area contributed by atoms with Crippen molar-refractivity contribution in [3.63, 3.8) is 0 Å². The smallest absolute Gasteiger partial charge is 0.323 e. The molecule has 2 amide bonds. The van der Waals surface area contributed by atoms with Crippen molar-refractivity contribution >= 4 is 12.0 Å². The predicted molar refractivity (Wildman–Crippen MR) is 46.4 cm³/mol. The first kappa shape index (κ1) is 9.83. The summed E-state index contributed by atoms with van der Waals surface area (Å²) in [6.07, 6.45) is 2.35. The van der Waals surface area contributed by atoms with Gasteiger partial charge in [-0.3, -0.25) is 4.79 Å². The van der Waals surface area contributed by atoms with Crippen molar-refractivity contribution in [2.45, 2.75) is 12.8 Å². The van der Waals surface area contributed by atoms with E-state index in [2.05, 4.69) is 5.32 Å². The Morgan fingerprint density at radius 1 is 1.54 bits per heavy atom. The second-order valence-electron chi connectivity index (χ2n) is 3.38. The van der Waals surface area contributed by atoms with E-state index in [1.165, 1.54) is 17.7 Å². The third-order valence-electron chi connectivity index (χ3n) is 1.97. The van der Waals surface area contributed by atoms with Crippen LogP contribution in [0.1, 0.15) is 12.8 Å². The number of carboxylic acid groups (broad SMARTS) is 1. The molecule has 0 radical (unpaired) electrons. The summed E-state index contributed by atoms with van der Waals surface area (Å²) in [5.74, 6) is -0.395. The van der Waals surface area contributed by atoms with E-state index in [0.29, 0.717) is 5.92 Å². The molecule has 13 heavy (non-hydrogen) atoms. The number of rotatable bonds is 4. The molecular weight excluding hydrogens is 172 g/mol. The Morgan fingerprint density at radius 3 is 2.62 bits per heavy atom. The van der Waals surface area contributed by atoms with Crippen LogP contribution in [-0.4, -0.2) is 42.1 Å². The Kier molecular flexibility index (Phi) is 3.11. The maximum Gasteiger partial charge on any atom is 0.323 e. The molecular formula is C8H14N2O3. The molecule has 0 unspecified atom stereocenters. The Hall–Kier alpha value is -1.26. The van der Waals surface area contributed by atoms with Crippen molar-refractivity contribution in [3.05, 3.63) is 0 Å². The highest BCUT2D eigenvalue weighted by atomic mass is 16.4. The van der Waals surface area contributed by atoms with Gasteiger partial charge in [-0.1, -0.05) is 0 Å². The number of nitrogens with zero attached hydrogens (tertiary/aromatic N) is 1. The summed E-state index contributed by atoms with van der Waals surface area (Å²) in [7, 11) is 1.68. The zero-order chi connectivity index (χ0) is 9.84. The minimum atomic E-state index is -1.02. The third-order valence-corrected chi connectivity index (χ3v) is 1.97. The lowest BCUT2D eigenvalue weighted by Gasteiger charge is -2.16. The molecule has 0 heterocycles. The lowest BCUT2D eigenvalue weighted by molar-refractivity contribution is -0.135. The molecule has 0 aromatic rings. The zero-order valence-electron chi connectivity index (χ0n) is 7.62. The van der Waals surface area contributed by atoms with Crippen LogP contribution in [0.3, 0.4) is 0 Å². The number of amides is 2. The van der Waals surface area contributed by atoms with Crippen LogP contribution in [0.25, 0.3) is 0 Å². The molecule has 5 heteroatoms. The molecule has 1 aliphatic carbocycles. The van der Waals surface area contributed by atoms with Crippen LogP contribution in [0.2, 0.25) is 0 Å². The summed E-state index contributed by atoms with van der Waals surface area (Å²) in [6.45, 7) is 0.416. The summed E-state index contributed by atoms with van der Waals surface area (Å²) >= 11 is 0. The molecule has 0 aromatic carbocycles. The quantitative estimate of drug-likeness (QED) is 0.655. The van der Waals surface area contributed by atoms with Gasteiger partial charge in [0.2, 0.25) is 0 Å². The molecule has 0 aliphatic heterocycles. The topological polar surface area (TPSA) is 69.6 Å². The van der Waals surface area contributed by atoms with Gasteiger partial charge in [-0.05, 0) is 18.8 Å². The molecule has 0 aromatic heterocycles. The number of carbonyl (C=O) groups is 2. The van der Waals surface area contributed by atoms with Gasteiger partial charge in [-0.15, -0.1) is 0 Å². The van der Waals surface area contributed by atoms with Crippen molar-refractivity contribution in [1.82, 2.24) is 10.2 Å². The van der Waals surface area contributed by atoms with Crippen molar-refractivity contribution in [3.8, 4) is 0 Å². The van der Waals surface area contributed by atoms with E-state index in [4.69, 9.17) is 5.11 Å². The SMILES string of the molecule is CN(CC1CC1)C(=O)NCC(=O)O. The molecule has 5 nitrogen and oxygen atoms in total. The van der Waals surface area contributed by atoms with E-state index >= 15 is 0 Å². The van der Waals surface area contributed by atoms with Gasteiger partial charge < -0.3 is 15.3 Å². The highest BCUT2D eigenvalue weighted by Gasteiger charge is 2.24. The van der Waals surface area contributed by atoms with Crippen molar-refractivity contribution in [2.24, 2.45) is 5.92 Å². The minimum Gasteiger partial charge on any atom is -0.480 e. The van der Waals surface area contributed by atoms with Crippen LogP contribution in [0.5, 0.6) is 0 Å². The Morgan fingerprint density at radius 2 is 2.15 bits per heavy atom. The van der Waals surface area contributed by atoms with E-state index in [0.717, 1.165) is 6.54 Å². The summed E-state index contributed by atoms with van der Waals surface area (Å²) in [5.41, 5.74) is 0. The Balaban J connectivity index is 2.16. The molecule has 1 saturated carbocycles. The molecule has 1 rings (SSSR count). The molecule has 0 bridgehead atoms. The fraction of sp³-hybridized carbons (Fsp3) is 0.750. The van der Waals surface area contributed by atoms with Crippen molar-refractivity contribution < 1.29 is 14.7 Å². The monoisotopic (exact) mass is 186 g/mol. The molecule has 1 aliphatic rings. The van der Waals surface area contributed by atoms with Gasteiger partial charge >= 0.3 is 12.0 Å². The summed E-state index contributed by atoms with van der Waals surface area (Å²) < 4.78 is 0.